The van der Waals surface area contributed by atoms with E-state index in [1.165, 1.54) is 13.0 Å². The standard InChI is InChI=1S/C16H20F3N3O3/c1-11(23)20-5-4-15(24)21-13-10-12(16(17,18)19)2-3-14(13)22-6-8-25-9-7-22/h2-3,10H,4-9H2,1H3,(H,20,23)(H,21,24). The van der Waals surface area contributed by atoms with E-state index >= 15 is 0 Å². The summed E-state index contributed by atoms with van der Waals surface area (Å²) in [6.07, 6.45) is -4.53. The lowest BCUT2D eigenvalue weighted by molar-refractivity contribution is -0.137. The highest BCUT2D eigenvalue weighted by Crippen LogP contribution is 2.35. The maximum absolute atomic E-state index is 13.0. The van der Waals surface area contributed by atoms with Crippen LogP contribution in [-0.2, 0) is 20.5 Å². The Hall–Kier alpha value is -2.29. The van der Waals surface area contributed by atoms with Gasteiger partial charge in [-0.25, -0.2) is 0 Å². The molecule has 0 radical (unpaired) electrons. The number of carbonyl (C=O) groups excluding carboxylic acids is 2. The van der Waals surface area contributed by atoms with Crippen LogP contribution in [0.15, 0.2) is 18.2 Å². The molecule has 2 N–H and O–H groups in total. The fourth-order valence-corrected chi connectivity index (χ4v) is 2.46. The number of nitrogens with zero attached hydrogens (tertiary/aromatic N) is 1. The maximum atomic E-state index is 13.0. The molecule has 1 heterocycles. The van der Waals surface area contributed by atoms with Gasteiger partial charge in [-0.1, -0.05) is 0 Å². The number of ether oxygens (including phenoxy) is 1. The van der Waals surface area contributed by atoms with Crippen molar-refractivity contribution in [2.24, 2.45) is 0 Å². The minimum Gasteiger partial charge on any atom is -0.378 e. The SMILES string of the molecule is CC(=O)NCCC(=O)Nc1cc(C(F)(F)F)ccc1N1CCOCC1. The number of hydrogen-bond acceptors (Lipinski definition) is 4. The number of nitrogens with one attached hydrogen (secondary N) is 2. The highest BCUT2D eigenvalue weighted by atomic mass is 19.4. The van der Waals surface area contributed by atoms with Crippen molar-refractivity contribution >= 4 is 23.2 Å². The van der Waals surface area contributed by atoms with E-state index in [4.69, 9.17) is 4.74 Å². The van der Waals surface area contributed by atoms with Gasteiger partial charge in [0, 0.05) is 33.0 Å². The molecular weight excluding hydrogens is 339 g/mol. The highest BCUT2D eigenvalue weighted by Gasteiger charge is 2.31. The molecule has 2 amide bonds. The zero-order valence-electron chi connectivity index (χ0n) is 13.8. The molecule has 0 aliphatic carbocycles. The Morgan fingerprint density at radius 1 is 1.24 bits per heavy atom. The van der Waals surface area contributed by atoms with E-state index < -0.39 is 17.6 Å². The predicted molar refractivity (Wildman–Crippen MR) is 86.4 cm³/mol. The largest absolute Gasteiger partial charge is 0.416 e. The van der Waals surface area contributed by atoms with E-state index in [1.807, 2.05) is 4.90 Å². The summed E-state index contributed by atoms with van der Waals surface area (Å²) in [7, 11) is 0. The van der Waals surface area contributed by atoms with Gasteiger partial charge in [-0.3, -0.25) is 9.59 Å². The van der Waals surface area contributed by atoms with Crippen LogP contribution < -0.4 is 15.5 Å². The Morgan fingerprint density at radius 2 is 1.92 bits per heavy atom. The van der Waals surface area contributed by atoms with Crippen molar-refractivity contribution in [3.8, 4) is 0 Å². The van der Waals surface area contributed by atoms with Crippen LogP contribution in [0, 0.1) is 0 Å². The summed E-state index contributed by atoms with van der Waals surface area (Å²) < 4.78 is 44.2. The number of amides is 2. The van der Waals surface area contributed by atoms with Crippen LogP contribution >= 0.6 is 0 Å². The van der Waals surface area contributed by atoms with Crippen molar-refractivity contribution < 1.29 is 27.5 Å². The van der Waals surface area contributed by atoms with Crippen LogP contribution in [0.25, 0.3) is 0 Å². The third-order valence-corrected chi connectivity index (χ3v) is 3.68. The van der Waals surface area contributed by atoms with E-state index in [0.717, 1.165) is 12.1 Å². The van der Waals surface area contributed by atoms with E-state index in [1.54, 1.807) is 0 Å². The van der Waals surface area contributed by atoms with Gasteiger partial charge in [-0.15, -0.1) is 0 Å². The monoisotopic (exact) mass is 359 g/mol. The molecule has 0 bridgehead atoms. The van der Waals surface area contributed by atoms with Crippen LogP contribution in [0.1, 0.15) is 18.9 Å². The summed E-state index contributed by atoms with van der Waals surface area (Å²) in [4.78, 5) is 24.7. The molecule has 9 heteroatoms. The number of morpholine rings is 1. The zero-order chi connectivity index (χ0) is 18.4. The van der Waals surface area contributed by atoms with Gasteiger partial charge in [0.15, 0.2) is 0 Å². The number of rotatable bonds is 5. The maximum Gasteiger partial charge on any atom is 0.416 e. The molecular formula is C16H20F3N3O3. The molecule has 1 aromatic carbocycles. The summed E-state index contributed by atoms with van der Waals surface area (Å²) in [5.41, 5.74) is -0.213. The van der Waals surface area contributed by atoms with Gasteiger partial charge in [-0.05, 0) is 18.2 Å². The lowest BCUT2D eigenvalue weighted by Gasteiger charge is -2.31. The lowest BCUT2D eigenvalue weighted by atomic mass is 10.1. The molecule has 0 unspecified atom stereocenters. The second-order valence-corrected chi connectivity index (χ2v) is 5.61. The summed E-state index contributed by atoms with van der Waals surface area (Å²) >= 11 is 0. The molecule has 0 atom stereocenters. The van der Waals surface area contributed by atoms with Crippen molar-refractivity contribution in [1.82, 2.24) is 5.32 Å². The lowest BCUT2D eigenvalue weighted by Crippen LogP contribution is -2.37. The quantitative estimate of drug-likeness (QED) is 0.844. The van der Waals surface area contributed by atoms with Gasteiger partial charge >= 0.3 is 6.18 Å². The minimum absolute atomic E-state index is 0.0294. The molecule has 1 saturated heterocycles. The molecule has 0 spiro atoms. The summed E-state index contributed by atoms with van der Waals surface area (Å²) in [6, 6.07) is 3.29. The number of anilines is 2. The number of halogens is 3. The highest BCUT2D eigenvalue weighted by molar-refractivity contribution is 5.95. The van der Waals surface area contributed by atoms with Gasteiger partial charge in [0.1, 0.15) is 0 Å². The normalized spacial score (nSPS) is 15.0. The molecule has 1 aliphatic rings. The number of hydrogen-bond donors (Lipinski definition) is 2. The first-order valence-corrected chi connectivity index (χ1v) is 7.85. The van der Waals surface area contributed by atoms with Crippen LogP contribution in [0.3, 0.4) is 0 Å². The van der Waals surface area contributed by atoms with Crippen LogP contribution in [0.2, 0.25) is 0 Å². The van der Waals surface area contributed by atoms with E-state index in [0.29, 0.717) is 32.0 Å². The molecule has 0 aromatic heterocycles. The smallest absolute Gasteiger partial charge is 0.378 e. The minimum atomic E-state index is -4.50. The van der Waals surface area contributed by atoms with Crippen molar-refractivity contribution in [3.63, 3.8) is 0 Å². The van der Waals surface area contributed by atoms with Gasteiger partial charge in [-0.2, -0.15) is 13.2 Å². The van der Waals surface area contributed by atoms with E-state index in [-0.39, 0.29) is 24.6 Å². The average Bonchev–Trinajstić information content (AvgIpc) is 2.54. The molecule has 25 heavy (non-hydrogen) atoms. The molecule has 1 aromatic rings. The molecule has 1 aliphatic heterocycles. The van der Waals surface area contributed by atoms with Gasteiger partial charge < -0.3 is 20.3 Å². The summed E-state index contributed by atoms with van der Waals surface area (Å²) in [5.74, 6) is -0.747. The van der Waals surface area contributed by atoms with Crippen molar-refractivity contribution in [2.75, 3.05) is 43.1 Å². The number of carbonyl (C=O) groups is 2. The topological polar surface area (TPSA) is 70.7 Å². The van der Waals surface area contributed by atoms with Crippen molar-refractivity contribution in [2.45, 2.75) is 19.5 Å². The first kappa shape index (κ1) is 19.0. The van der Waals surface area contributed by atoms with E-state index in [9.17, 15) is 22.8 Å². The van der Waals surface area contributed by atoms with Gasteiger partial charge in [0.05, 0.1) is 30.2 Å². The van der Waals surface area contributed by atoms with Crippen LogP contribution in [-0.4, -0.2) is 44.7 Å². The molecule has 1 fully saturated rings. The van der Waals surface area contributed by atoms with E-state index in [2.05, 4.69) is 10.6 Å². The first-order chi connectivity index (χ1) is 11.8. The fraction of sp³-hybridized carbons (Fsp3) is 0.500. The third kappa shape index (κ3) is 5.63. The molecule has 6 nitrogen and oxygen atoms in total. The first-order valence-electron chi connectivity index (χ1n) is 7.85. The second kappa shape index (κ2) is 8.19. The third-order valence-electron chi connectivity index (χ3n) is 3.68. The molecule has 138 valence electrons. The van der Waals surface area contributed by atoms with Crippen molar-refractivity contribution in [3.05, 3.63) is 23.8 Å². The number of benzene rings is 1. The van der Waals surface area contributed by atoms with Crippen molar-refractivity contribution in [1.29, 1.82) is 0 Å². The Bertz CT molecular complexity index is 629. The Balaban J connectivity index is 2.18. The predicted octanol–water partition coefficient (Wildman–Crippen LogP) is 2.01. The van der Waals surface area contributed by atoms with Gasteiger partial charge in [0.25, 0.3) is 0 Å². The Morgan fingerprint density at radius 3 is 2.52 bits per heavy atom. The van der Waals surface area contributed by atoms with Crippen LogP contribution in [0.5, 0.6) is 0 Å². The van der Waals surface area contributed by atoms with Gasteiger partial charge in [0.2, 0.25) is 11.8 Å². The Kier molecular flexibility index (Phi) is 6.24. The summed E-state index contributed by atoms with van der Waals surface area (Å²) in [6.45, 7) is 3.43. The Labute approximate surface area is 143 Å². The summed E-state index contributed by atoms with van der Waals surface area (Å²) in [5, 5.41) is 4.99. The molecule has 2 rings (SSSR count). The molecule has 0 saturated carbocycles. The average molecular weight is 359 g/mol. The number of alkyl halides is 3. The second-order valence-electron chi connectivity index (χ2n) is 5.61. The fourth-order valence-electron chi connectivity index (χ4n) is 2.46. The zero-order valence-corrected chi connectivity index (χ0v) is 13.8. The van der Waals surface area contributed by atoms with Crippen LogP contribution in [0.4, 0.5) is 24.5 Å².